The summed E-state index contributed by atoms with van der Waals surface area (Å²) in [5, 5.41) is 20.3. The third kappa shape index (κ3) is 2.57. The van der Waals surface area contributed by atoms with Crippen LogP contribution in [-0.4, -0.2) is 15.8 Å². The molecule has 0 radical (unpaired) electrons. The molecule has 3 heteroatoms. The SMILES string of the molecule is CC1(C)Cc2cccc(-c3ccc(C(C)(C)O)c(O)c3)c2O1. The van der Waals surface area contributed by atoms with Crippen LogP contribution in [0.4, 0.5) is 0 Å². The molecule has 0 aromatic heterocycles. The first-order valence-electron chi connectivity index (χ1n) is 7.54. The highest BCUT2D eigenvalue weighted by Crippen LogP contribution is 2.43. The van der Waals surface area contributed by atoms with E-state index in [9.17, 15) is 10.2 Å². The first-order chi connectivity index (χ1) is 10.2. The molecule has 0 saturated carbocycles. The van der Waals surface area contributed by atoms with E-state index in [1.54, 1.807) is 26.0 Å². The Hall–Kier alpha value is -2.00. The van der Waals surface area contributed by atoms with Crippen molar-refractivity contribution in [3.05, 3.63) is 47.5 Å². The molecular formula is C19H22O3. The van der Waals surface area contributed by atoms with Crippen LogP contribution in [0, 0.1) is 0 Å². The van der Waals surface area contributed by atoms with E-state index < -0.39 is 5.60 Å². The zero-order valence-electron chi connectivity index (χ0n) is 13.5. The van der Waals surface area contributed by atoms with Crippen molar-refractivity contribution in [1.29, 1.82) is 0 Å². The average Bonchev–Trinajstić information content (AvgIpc) is 2.70. The van der Waals surface area contributed by atoms with Crippen molar-refractivity contribution in [3.8, 4) is 22.6 Å². The minimum Gasteiger partial charge on any atom is -0.508 e. The fraction of sp³-hybridized carbons (Fsp3) is 0.368. The van der Waals surface area contributed by atoms with Gasteiger partial charge in [-0.2, -0.15) is 0 Å². The Morgan fingerprint density at radius 1 is 1.14 bits per heavy atom. The van der Waals surface area contributed by atoms with Crippen LogP contribution in [0.5, 0.6) is 11.5 Å². The molecule has 22 heavy (non-hydrogen) atoms. The van der Waals surface area contributed by atoms with Crippen LogP contribution >= 0.6 is 0 Å². The van der Waals surface area contributed by atoms with Gasteiger partial charge in [0.2, 0.25) is 0 Å². The molecule has 3 nitrogen and oxygen atoms in total. The molecule has 1 aliphatic heterocycles. The summed E-state index contributed by atoms with van der Waals surface area (Å²) in [6, 6.07) is 11.5. The lowest BCUT2D eigenvalue weighted by Gasteiger charge is -2.20. The van der Waals surface area contributed by atoms with Gasteiger partial charge in [0.05, 0.1) is 5.60 Å². The molecule has 2 aromatic rings. The second-order valence-electron chi connectivity index (χ2n) is 7.12. The molecule has 0 spiro atoms. The van der Waals surface area contributed by atoms with Crippen molar-refractivity contribution in [2.24, 2.45) is 0 Å². The smallest absolute Gasteiger partial charge is 0.131 e. The summed E-state index contributed by atoms with van der Waals surface area (Å²) in [7, 11) is 0. The van der Waals surface area contributed by atoms with Crippen LogP contribution < -0.4 is 4.74 Å². The molecule has 0 bridgehead atoms. The van der Waals surface area contributed by atoms with Crippen LogP contribution in [0.3, 0.4) is 0 Å². The number of phenolic OH excluding ortho intramolecular Hbond substituents is 1. The fourth-order valence-corrected chi connectivity index (χ4v) is 3.06. The average molecular weight is 298 g/mol. The van der Waals surface area contributed by atoms with Gasteiger partial charge in [-0.3, -0.25) is 0 Å². The first kappa shape index (κ1) is 14.9. The van der Waals surface area contributed by atoms with E-state index in [1.165, 1.54) is 5.56 Å². The number of aromatic hydroxyl groups is 1. The van der Waals surface area contributed by atoms with E-state index in [1.807, 2.05) is 18.2 Å². The molecule has 3 rings (SSSR count). The Morgan fingerprint density at radius 3 is 2.50 bits per heavy atom. The van der Waals surface area contributed by atoms with Crippen molar-refractivity contribution in [3.63, 3.8) is 0 Å². The van der Waals surface area contributed by atoms with E-state index in [2.05, 4.69) is 19.9 Å². The van der Waals surface area contributed by atoms with Crippen molar-refractivity contribution in [1.82, 2.24) is 0 Å². The summed E-state index contributed by atoms with van der Waals surface area (Å²) in [5.74, 6) is 0.989. The van der Waals surface area contributed by atoms with Gasteiger partial charge in [-0.15, -0.1) is 0 Å². The molecule has 116 valence electrons. The van der Waals surface area contributed by atoms with Gasteiger partial charge >= 0.3 is 0 Å². The van der Waals surface area contributed by atoms with E-state index >= 15 is 0 Å². The van der Waals surface area contributed by atoms with Gasteiger partial charge in [-0.25, -0.2) is 0 Å². The second-order valence-corrected chi connectivity index (χ2v) is 7.12. The van der Waals surface area contributed by atoms with Gasteiger partial charge in [0.25, 0.3) is 0 Å². The van der Waals surface area contributed by atoms with Crippen molar-refractivity contribution < 1.29 is 14.9 Å². The molecule has 0 fully saturated rings. The number of hydrogen-bond acceptors (Lipinski definition) is 3. The normalized spacial score (nSPS) is 16.2. The molecule has 1 aliphatic rings. The van der Waals surface area contributed by atoms with E-state index in [4.69, 9.17) is 4.74 Å². The zero-order valence-corrected chi connectivity index (χ0v) is 13.5. The van der Waals surface area contributed by atoms with Gasteiger partial charge in [-0.1, -0.05) is 30.3 Å². The fourth-order valence-electron chi connectivity index (χ4n) is 3.06. The summed E-state index contributed by atoms with van der Waals surface area (Å²) < 4.78 is 6.09. The first-order valence-corrected chi connectivity index (χ1v) is 7.54. The topological polar surface area (TPSA) is 49.7 Å². The lowest BCUT2D eigenvalue weighted by Crippen LogP contribution is -2.24. The second kappa shape index (κ2) is 4.75. The maximum atomic E-state index is 10.2. The summed E-state index contributed by atoms with van der Waals surface area (Å²) in [4.78, 5) is 0. The van der Waals surface area contributed by atoms with Gasteiger partial charge < -0.3 is 14.9 Å². The van der Waals surface area contributed by atoms with Gasteiger partial charge in [-0.05, 0) is 44.9 Å². The minimum atomic E-state index is -1.07. The summed E-state index contributed by atoms with van der Waals surface area (Å²) >= 11 is 0. The predicted octanol–water partition coefficient (Wildman–Crippen LogP) is 4.00. The van der Waals surface area contributed by atoms with Crippen LogP contribution in [0.15, 0.2) is 36.4 Å². The maximum absolute atomic E-state index is 10.2. The summed E-state index contributed by atoms with van der Waals surface area (Å²) in [6.07, 6.45) is 0.879. The van der Waals surface area contributed by atoms with E-state index in [-0.39, 0.29) is 11.4 Å². The zero-order chi connectivity index (χ0) is 16.1. The van der Waals surface area contributed by atoms with Crippen molar-refractivity contribution >= 4 is 0 Å². The third-order valence-corrected chi connectivity index (χ3v) is 4.06. The quantitative estimate of drug-likeness (QED) is 0.881. The number of fused-ring (bicyclic) bond motifs is 1. The van der Waals surface area contributed by atoms with Crippen LogP contribution in [-0.2, 0) is 12.0 Å². The van der Waals surface area contributed by atoms with Crippen LogP contribution in [0.25, 0.3) is 11.1 Å². The highest BCUT2D eigenvalue weighted by atomic mass is 16.5. The Bertz CT molecular complexity index is 724. The molecule has 0 unspecified atom stereocenters. The van der Waals surface area contributed by atoms with E-state index in [0.717, 1.165) is 23.3 Å². The Labute approximate surface area is 131 Å². The third-order valence-electron chi connectivity index (χ3n) is 4.06. The molecule has 0 saturated heterocycles. The van der Waals surface area contributed by atoms with Crippen molar-refractivity contribution in [2.45, 2.75) is 45.3 Å². The van der Waals surface area contributed by atoms with Gasteiger partial charge in [0.1, 0.15) is 17.1 Å². The number of rotatable bonds is 2. The number of para-hydroxylation sites is 1. The number of benzene rings is 2. The highest BCUT2D eigenvalue weighted by Gasteiger charge is 2.32. The van der Waals surface area contributed by atoms with Crippen LogP contribution in [0.2, 0.25) is 0 Å². The van der Waals surface area contributed by atoms with Gasteiger partial charge in [0.15, 0.2) is 0 Å². The predicted molar refractivity (Wildman–Crippen MR) is 87.2 cm³/mol. The Morgan fingerprint density at radius 2 is 1.86 bits per heavy atom. The number of aliphatic hydroxyl groups is 1. The summed E-state index contributed by atoms with van der Waals surface area (Å²) in [5.41, 5.74) is 2.30. The largest absolute Gasteiger partial charge is 0.508 e. The number of phenols is 1. The lowest BCUT2D eigenvalue weighted by atomic mass is 9.93. The molecular weight excluding hydrogens is 276 g/mol. The maximum Gasteiger partial charge on any atom is 0.131 e. The Kier molecular flexibility index (Phi) is 3.22. The van der Waals surface area contributed by atoms with Crippen LogP contribution in [0.1, 0.15) is 38.8 Å². The molecule has 2 aromatic carbocycles. The number of hydrogen-bond donors (Lipinski definition) is 2. The molecule has 1 heterocycles. The monoisotopic (exact) mass is 298 g/mol. The number of ether oxygens (including phenoxy) is 1. The standard InChI is InChI=1S/C19H22O3/c1-18(2)11-13-6-5-7-14(17(13)22-18)12-8-9-15(16(20)10-12)19(3,4)21/h5-10,20-21H,11H2,1-4H3. The molecule has 0 aliphatic carbocycles. The molecule has 0 atom stereocenters. The lowest BCUT2D eigenvalue weighted by molar-refractivity contribution is 0.0758. The molecule has 2 N–H and O–H groups in total. The highest BCUT2D eigenvalue weighted by molar-refractivity contribution is 5.74. The van der Waals surface area contributed by atoms with E-state index in [0.29, 0.717) is 5.56 Å². The Balaban J connectivity index is 2.08. The van der Waals surface area contributed by atoms with Gasteiger partial charge in [0, 0.05) is 17.5 Å². The summed E-state index contributed by atoms with van der Waals surface area (Å²) in [6.45, 7) is 7.47. The minimum absolute atomic E-state index is 0.0971. The van der Waals surface area contributed by atoms with Crippen molar-refractivity contribution in [2.75, 3.05) is 0 Å². The molecule has 0 amide bonds.